The normalized spacial score (nSPS) is 13.3. The Hall–Kier alpha value is -2.74. The number of hydrogen-bond donors (Lipinski definition) is 2. The number of nitrogens with one attached hydrogen (secondary N) is 2. The molecular weight excluding hydrogens is 354 g/mol. The van der Waals surface area contributed by atoms with E-state index in [1.165, 1.54) is 10.6 Å². The van der Waals surface area contributed by atoms with Crippen molar-refractivity contribution in [2.75, 3.05) is 34.8 Å². The van der Waals surface area contributed by atoms with Crippen molar-refractivity contribution in [2.24, 2.45) is 0 Å². The van der Waals surface area contributed by atoms with Gasteiger partial charge in [0.05, 0.1) is 19.1 Å². The van der Waals surface area contributed by atoms with Gasteiger partial charge in [-0.2, -0.15) is 0 Å². The molecule has 1 aliphatic heterocycles. The number of hydrogen-bond acceptors (Lipinski definition) is 4. The van der Waals surface area contributed by atoms with Crippen LogP contribution in [0, 0.1) is 6.92 Å². The van der Waals surface area contributed by atoms with Crippen LogP contribution in [-0.4, -0.2) is 34.4 Å². The van der Waals surface area contributed by atoms with Gasteiger partial charge in [-0.15, -0.1) is 0 Å². The van der Waals surface area contributed by atoms with E-state index in [1.807, 2.05) is 19.1 Å². The lowest BCUT2D eigenvalue weighted by Gasteiger charge is -2.17. The van der Waals surface area contributed by atoms with Gasteiger partial charge in [0, 0.05) is 17.9 Å². The maximum Gasteiger partial charge on any atom is 0.323 e. The quantitative estimate of drug-likeness (QED) is 0.860. The van der Waals surface area contributed by atoms with Crippen molar-refractivity contribution < 1.29 is 17.9 Å². The summed E-state index contributed by atoms with van der Waals surface area (Å²) in [5.41, 5.74) is 3.64. The molecule has 0 radical (unpaired) electrons. The van der Waals surface area contributed by atoms with Crippen LogP contribution in [0.3, 0.4) is 0 Å². The molecule has 0 bridgehead atoms. The van der Waals surface area contributed by atoms with Crippen LogP contribution in [0.15, 0.2) is 36.4 Å². The van der Waals surface area contributed by atoms with E-state index < -0.39 is 16.1 Å². The Morgan fingerprint density at radius 3 is 2.58 bits per heavy atom. The van der Waals surface area contributed by atoms with Crippen molar-refractivity contribution in [1.29, 1.82) is 0 Å². The number of benzene rings is 2. The number of anilines is 3. The monoisotopic (exact) mass is 375 g/mol. The van der Waals surface area contributed by atoms with Gasteiger partial charge in [0.1, 0.15) is 5.75 Å². The molecule has 1 aliphatic rings. The van der Waals surface area contributed by atoms with E-state index in [0.717, 1.165) is 11.1 Å². The molecule has 0 unspecified atom stereocenters. The smallest absolute Gasteiger partial charge is 0.323 e. The fourth-order valence-electron chi connectivity index (χ4n) is 2.96. The van der Waals surface area contributed by atoms with Crippen molar-refractivity contribution in [3.8, 4) is 5.75 Å². The maximum absolute atomic E-state index is 12.3. The second kappa shape index (κ2) is 6.87. The van der Waals surface area contributed by atoms with Crippen LogP contribution in [-0.2, 0) is 16.4 Å². The molecule has 2 aromatic carbocycles. The number of carbonyl (C=O) groups excluding carboxylic acids is 1. The predicted octanol–water partition coefficient (Wildman–Crippen LogP) is 2.97. The highest BCUT2D eigenvalue weighted by atomic mass is 32.2. The fourth-order valence-corrected chi connectivity index (χ4v) is 3.91. The average molecular weight is 375 g/mol. The van der Waals surface area contributed by atoms with Gasteiger partial charge >= 0.3 is 6.03 Å². The zero-order valence-electron chi connectivity index (χ0n) is 14.9. The molecule has 2 amide bonds. The number of amides is 2. The first-order valence-electron chi connectivity index (χ1n) is 8.11. The third-order valence-corrected chi connectivity index (χ3v) is 5.46. The van der Waals surface area contributed by atoms with Crippen LogP contribution in [0.4, 0.5) is 21.9 Å². The van der Waals surface area contributed by atoms with Gasteiger partial charge in [0.2, 0.25) is 10.0 Å². The molecule has 26 heavy (non-hydrogen) atoms. The SMILES string of the molecule is COc1ccc(NC(=O)Nc2ccc3c(c2)N(S(C)(=O)=O)CC3)c(C)c1. The molecule has 1 heterocycles. The van der Waals surface area contributed by atoms with E-state index in [9.17, 15) is 13.2 Å². The van der Waals surface area contributed by atoms with Crippen molar-refractivity contribution in [1.82, 2.24) is 0 Å². The zero-order valence-corrected chi connectivity index (χ0v) is 15.7. The molecule has 0 fully saturated rings. The van der Waals surface area contributed by atoms with Crippen LogP contribution >= 0.6 is 0 Å². The van der Waals surface area contributed by atoms with Gasteiger partial charge in [-0.25, -0.2) is 13.2 Å². The molecule has 0 aliphatic carbocycles. The van der Waals surface area contributed by atoms with Crippen LogP contribution < -0.4 is 19.7 Å². The number of aryl methyl sites for hydroxylation is 1. The van der Waals surface area contributed by atoms with Gasteiger partial charge in [-0.1, -0.05) is 6.07 Å². The summed E-state index contributed by atoms with van der Waals surface area (Å²) >= 11 is 0. The Bertz CT molecular complexity index is 957. The van der Waals surface area contributed by atoms with Gasteiger partial charge in [0.25, 0.3) is 0 Å². The Kier molecular flexibility index (Phi) is 4.78. The molecule has 138 valence electrons. The average Bonchev–Trinajstić information content (AvgIpc) is 3.00. The number of sulfonamides is 1. The van der Waals surface area contributed by atoms with Gasteiger partial charge in [0.15, 0.2) is 0 Å². The second-order valence-electron chi connectivity index (χ2n) is 6.19. The summed E-state index contributed by atoms with van der Waals surface area (Å²) in [6, 6.07) is 10.3. The first kappa shape index (κ1) is 18.1. The predicted molar refractivity (Wildman–Crippen MR) is 103 cm³/mol. The summed E-state index contributed by atoms with van der Waals surface area (Å²) in [7, 11) is -1.74. The third kappa shape index (κ3) is 3.75. The summed E-state index contributed by atoms with van der Waals surface area (Å²) in [6.45, 7) is 2.30. The Morgan fingerprint density at radius 1 is 1.15 bits per heavy atom. The highest BCUT2D eigenvalue weighted by Crippen LogP contribution is 2.32. The van der Waals surface area contributed by atoms with E-state index in [-0.39, 0.29) is 0 Å². The van der Waals surface area contributed by atoms with E-state index in [0.29, 0.717) is 35.8 Å². The largest absolute Gasteiger partial charge is 0.497 e. The molecule has 7 nitrogen and oxygen atoms in total. The number of methoxy groups -OCH3 is 1. The summed E-state index contributed by atoms with van der Waals surface area (Å²) in [5, 5.41) is 5.53. The molecule has 2 aromatic rings. The van der Waals surface area contributed by atoms with Crippen LogP contribution in [0.25, 0.3) is 0 Å². The standard InChI is InChI=1S/C18H21N3O4S/c1-12-10-15(25-2)6-7-16(12)20-18(22)19-14-5-4-13-8-9-21(17(13)11-14)26(3,23)24/h4-7,10-11H,8-9H2,1-3H3,(H2,19,20,22). The minimum atomic E-state index is -3.33. The first-order chi connectivity index (χ1) is 12.3. The Balaban J connectivity index is 1.75. The molecule has 0 saturated heterocycles. The highest BCUT2D eigenvalue weighted by molar-refractivity contribution is 7.92. The molecule has 8 heteroatoms. The van der Waals surface area contributed by atoms with Crippen molar-refractivity contribution in [3.63, 3.8) is 0 Å². The molecule has 0 spiro atoms. The Morgan fingerprint density at radius 2 is 1.92 bits per heavy atom. The lowest BCUT2D eigenvalue weighted by Crippen LogP contribution is -2.27. The highest BCUT2D eigenvalue weighted by Gasteiger charge is 2.26. The number of nitrogens with zero attached hydrogens (tertiary/aromatic N) is 1. The number of rotatable bonds is 4. The van der Waals surface area contributed by atoms with E-state index in [2.05, 4.69) is 10.6 Å². The molecule has 3 rings (SSSR count). The molecule has 2 N–H and O–H groups in total. The van der Waals surface area contributed by atoms with Crippen LogP contribution in [0.1, 0.15) is 11.1 Å². The van der Waals surface area contributed by atoms with Crippen LogP contribution in [0.5, 0.6) is 5.75 Å². The second-order valence-corrected chi connectivity index (χ2v) is 8.10. The third-order valence-electron chi connectivity index (χ3n) is 4.28. The minimum Gasteiger partial charge on any atom is -0.497 e. The fraction of sp³-hybridized carbons (Fsp3) is 0.278. The lowest BCUT2D eigenvalue weighted by molar-refractivity contribution is 0.262. The van der Waals surface area contributed by atoms with Crippen molar-refractivity contribution in [3.05, 3.63) is 47.5 Å². The summed E-state index contributed by atoms with van der Waals surface area (Å²) in [4.78, 5) is 12.3. The number of carbonyl (C=O) groups is 1. The lowest BCUT2D eigenvalue weighted by atomic mass is 10.1. The minimum absolute atomic E-state index is 0.401. The summed E-state index contributed by atoms with van der Waals surface area (Å²) in [6.07, 6.45) is 1.85. The maximum atomic E-state index is 12.3. The van der Waals surface area contributed by atoms with E-state index in [1.54, 1.807) is 31.4 Å². The van der Waals surface area contributed by atoms with Crippen molar-refractivity contribution >= 4 is 33.1 Å². The zero-order chi connectivity index (χ0) is 18.9. The first-order valence-corrected chi connectivity index (χ1v) is 9.96. The van der Waals surface area contributed by atoms with E-state index >= 15 is 0 Å². The van der Waals surface area contributed by atoms with Gasteiger partial charge < -0.3 is 15.4 Å². The van der Waals surface area contributed by atoms with Crippen molar-refractivity contribution in [2.45, 2.75) is 13.3 Å². The number of ether oxygens (including phenoxy) is 1. The summed E-state index contributed by atoms with van der Waals surface area (Å²) < 4.78 is 30.3. The van der Waals surface area contributed by atoms with Crippen LogP contribution in [0.2, 0.25) is 0 Å². The topological polar surface area (TPSA) is 87.7 Å². The summed E-state index contributed by atoms with van der Waals surface area (Å²) in [5.74, 6) is 0.716. The molecule has 0 atom stereocenters. The van der Waals surface area contributed by atoms with E-state index in [4.69, 9.17) is 4.74 Å². The Labute approximate surface area is 153 Å². The van der Waals surface area contributed by atoms with Gasteiger partial charge in [-0.05, 0) is 54.8 Å². The van der Waals surface area contributed by atoms with Gasteiger partial charge in [-0.3, -0.25) is 4.31 Å². The molecule has 0 aromatic heterocycles. The number of fused-ring (bicyclic) bond motifs is 1. The number of urea groups is 1. The molecule has 0 saturated carbocycles. The molecular formula is C18H21N3O4S.